The second kappa shape index (κ2) is 13.8. The van der Waals surface area contributed by atoms with Crippen LogP contribution in [0.15, 0.2) is 49.1 Å². The zero-order valence-electron chi connectivity index (χ0n) is 19.9. The van der Waals surface area contributed by atoms with Crippen LogP contribution in [-0.4, -0.2) is 86.7 Å². The van der Waals surface area contributed by atoms with Gasteiger partial charge in [-0.2, -0.15) is 26.3 Å². The summed E-state index contributed by atoms with van der Waals surface area (Å²) in [5.74, 6) is -5.49. The molecule has 2 saturated heterocycles. The molecule has 10 nitrogen and oxygen atoms in total. The van der Waals surface area contributed by atoms with E-state index < -0.39 is 24.3 Å². The Kier molecular flexibility index (Phi) is 11.2. The summed E-state index contributed by atoms with van der Waals surface area (Å²) in [5, 5.41) is 14.2. The summed E-state index contributed by atoms with van der Waals surface area (Å²) in [4.78, 5) is 40.6. The Morgan fingerprint density at radius 2 is 1.41 bits per heavy atom. The number of hydrogen-bond donors (Lipinski definition) is 2. The van der Waals surface area contributed by atoms with E-state index in [0.717, 1.165) is 25.0 Å². The fourth-order valence-corrected chi connectivity index (χ4v) is 3.63. The van der Waals surface area contributed by atoms with E-state index in [9.17, 15) is 31.1 Å². The third-order valence-electron chi connectivity index (χ3n) is 5.36. The summed E-state index contributed by atoms with van der Waals surface area (Å²) < 4.78 is 75.6. The Morgan fingerprint density at radius 1 is 0.923 bits per heavy atom. The fraction of sp³-hybridized carbons (Fsp3) is 0.435. The molecule has 2 fully saturated rings. The van der Waals surface area contributed by atoms with Crippen LogP contribution in [0.5, 0.6) is 0 Å². The minimum atomic E-state index is -5.08. The third kappa shape index (κ3) is 9.79. The topological polar surface area (TPSA) is 139 Å². The fourth-order valence-electron chi connectivity index (χ4n) is 3.63. The molecule has 0 saturated carbocycles. The van der Waals surface area contributed by atoms with E-state index in [0.29, 0.717) is 18.7 Å². The number of aliphatic carboxylic acids is 2. The number of aromatic nitrogens is 2. The van der Waals surface area contributed by atoms with Crippen molar-refractivity contribution in [1.29, 1.82) is 0 Å². The smallest absolute Gasteiger partial charge is 0.475 e. The normalized spacial score (nSPS) is 20.5. The molecule has 3 atom stereocenters. The lowest BCUT2D eigenvalue weighted by molar-refractivity contribution is -0.193. The van der Waals surface area contributed by atoms with Crippen LogP contribution in [0, 0.1) is 0 Å². The van der Waals surface area contributed by atoms with Gasteiger partial charge < -0.3 is 24.6 Å². The minimum absolute atomic E-state index is 0.0258. The number of alkyl halides is 6. The van der Waals surface area contributed by atoms with Gasteiger partial charge in [-0.15, -0.1) is 0 Å². The van der Waals surface area contributed by atoms with Crippen molar-refractivity contribution >= 4 is 17.8 Å². The lowest BCUT2D eigenvalue weighted by Gasteiger charge is -2.32. The third-order valence-corrected chi connectivity index (χ3v) is 5.36. The first-order valence-electron chi connectivity index (χ1n) is 11.1. The number of hydrogen-bond acceptors (Lipinski definition) is 7. The van der Waals surface area contributed by atoms with Gasteiger partial charge in [0.25, 0.3) is 5.91 Å². The molecule has 0 aromatic carbocycles. The van der Waals surface area contributed by atoms with Crippen molar-refractivity contribution in [2.24, 2.45) is 0 Å². The maximum absolute atomic E-state index is 12.9. The van der Waals surface area contributed by atoms with Crippen molar-refractivity contribution in [2.75, 3.05) is 13.2 Å². The van der Waals surface area contributed by atoms with E-state index in [1.165, 1.54) is 0 Å². The van der Waals surface area contributed by atoms with Crippen molar-refractivity contribution in [3.05, 3.63) is 60.2 Å². The minimum Gasteiger partial charge on any atom is -0.475 e. The molecule has 2 aliphatic heterocycles. The van der Waals surface area contributed by atoms with Gasteiger partial charge in [0.15, 0.2) is 0 Å². The number of carboxylic acid groups (broad SMARTS) is 2. The van der Waals surface area contributed by atoms with Crippen molar-refractivity contribution in [2.45, 2.75) is 50.1 Å². The van der Waals surface area contributed by atoms with Crippen molar-refractivity contribution in [1.82, 2.24) is 14.9 Å². The predicted molar refractivity (Wildman–Crippen MR) is 118 cm³/mol. The van der Waals surface area contributed by atoms with E-state index in [1.54, 1.807) is 36.9 Å². The van der Waals surface area contributed by atoms with E-state index in [1.807, 2.05) is 17.0 Å². The highest BCUT2D eigenvalue weighted by Gasteiger charge is 2.46. The lowest BCUT2D eigenvalue weighted by atomic mass is 10.0. The summed E-state index contributed by atoms with van der Waals surface area (Å²) >= 11 is 0. The van der Waals surface area contributed by atoms with Crippen LogP contribution < -0.4 is 0 Å². The van der Waals surface area contributed by atoms with Crippen LogP contribution in [0.3, 0.4) is 0 Å². The second-order valence-corrected chi connectivity index (χ2v) is 8.05. The van der Waals surface area contributed by atoms with Gasteiger partial charge in [0.1, 0.15) is 12.2 Å². The number of carbonyl (C=O) groups excluding carboxylic acids is 1. The van der Waals surface area contributed by atoms with Gasteiger partial charge in [-0.1, -0.05) is 0 Å². The first-order chi connectivity index (χ1) is 18.2. The molecule has 4 rings (SSSR count). The van der Waals surface area contributed by atoms with Crippen LogP contribution in [0.2, 0.25) is 0 Å². The highest BCUT2D eigenvalue weighted by molar-refractivity contribution is 5.94. The van der Waals surface area contributed by atoms with Crippen molar-refractivity contribution in [3.63, 3.8) is 0 Å². The maximum atomic E-state index is 12.9. The molecule has 1 amide bonds. The number of carbonyl (C=O) groups is 3. The summed E-state index contributed by atoms with van der Waals surface area (Å²) in [5.41, 5.74) is 1.73. The van der Waals surface area contributed by atoms with Gasteiger partial charge in [-0.25, -0.2) is 9.59 Å². The molecular weight excluding hydrogens is 544 g/mol. The molecule has 0 spiro atoms. The molecule has 39 heavy (non-hydrogen) atoms. The monoisotopic (exact) mass is 567 g/mol. The summed E-state index contributed by atoms with van der Waals surface area (Å²) in [6, 6.07) is 7.47. The molecule has 214 valence electrons. The first kappa shape index (κ1) is 31.4. The van der Waals surface area contributed by atoms with Crippen LogP contribution in [0.1, 0.15) is 28.8 Å². The average molecular weight is 567 g/mol. The van der Waals surface area contributed by atoms with E-state index >= 15 is 0 Å². The number of rotatable bonds is 4. The molecule has 0 radical (unpaired) electrons. The summed E-state index contributed by atoms with van der Waals surface area (Å²) in [6.45, 7) is 1.78. The van der Waals surface area contributed by atoms with Gasteiger partial charge >= 0.3 is 24.3 Å². The van der Waals surface area contributed by atoms with Crippen LogP contribution >= 0.6 is 0 Å². The Labute approximate surface area is 217 Å². The summed E-state index contributed by atoms with van der Waals surface area (Å²) in [7, 11) is 0. The van der Waals surface area contributed by atoms with Gasteiger partial charge in [0, 0.05) is 37.0 Å². The van der Waals surface area contributed by atoms with Gasteiger partial charge in [0.05, 0.1) is 19.2 Å². The SMILES string of the molecule is O=C(O)C(F)(F)F.O=C(O)C(F)(F)F.O=C(c1ccncc1)N1C[C@@H](OCc2ccncc2)[C@@H]2OCCC[C@@H]21. The molecule has 0 aliphatic carbocycles. The summed E-state index contributed by atoms with van der Waals surface area (Å²) in [6.07, 6.45) is -1.59. The molecular formula is C23H23F6N3O7. The van der Waals surface area contributed by atoms with Crippen LogP contribution in [-0.2, 0) is 25.7 Å². The Balaban J connectivity index is 0.000000317. The molecule has 2 N–H and O–H groups in total. The maximum Gasteiger partial charge on any atom is 0.490 e. The number of pyridine rings is 2. The van der Waals surface area contributed by atoms with Gasteiger partial charge in [0.2, 0.25) is 0 Å². The number of halogens is 6. The lowest BCUT2D eigenvalue weighted by Crippen LogP contribution is -2.43. The van der Waals surface area contributed by atoms with Crippen LogP contribution in [0.4, 0.5) is 26.3 Å². The second-order valence-electron chi connectivity index (χ2n) is 8.05. The Bertz CT molecular complexity index is 1060. The van der Waals surface area contributed by atoms with Crippen LogP contribution in [0.25, 0.3) is 0 Å². The Hall–Kier alpha value is -3.79. The number of nitrogens with zero attached hydrogens (tertiary/aromatic N) is 3. The molecule has 2 aromatic rings. The van der Waals surface area contributed by atoms with E-state index in [4.69, 9.17) is 29.3 Å². The number of carboxylic acids is 2. The molecule has 0 unspecified atom stereocenters. The average Bonchev–Trinajstić information content (AvgIpc) is 3.26. The van der Waals surface area contributed by atoms with Crippen molar-refractivity contribution < 1.29 is 60.4 Å². The zero-order valence-corrected chi connectivity index (χ0v) is 19.9. The Morgan fingerprint density at radius 3 is 1.90 bits per heavy atom. The number of amides is 1. The van der Waals surface area contributed by atoms with E-state index in [-0.39, 0.29) is 24.2 Å². The highest BCUT2D eigenvalue weighted by atomic mass is 19.4. The molecule has 4 heterocycles. The zero-order chi connectivity index (χ0) is 29.2. The van der Waals surface area contributed by atoms with Gasteiger partial charge in [-0.3, -0.25) is 14.8 Å². The van der Waals surface area contributed by atoms with Crippen molar-refractivity contribution in [3.8, 4) is 0 Å². The molecule has 2 aromatic heterocycles. The highest BCUT2D eigenvalue weighted by Crippen LogP contribution is 2.32. The quantitative estimate of drug-likeness (QED) is 0.533. The number of likely N-dealkylation sites (tertiary alicyclic amines) is 1. The van der Waals surface area contributed by atoms with Gasteiger partial charge in [-0.05, 0) is 42.7 Å². The standard InChI is InChI=1S/C19H21N3O3.2C2HF3O2/c23-19(15-5-9-21-10-6-15)22-12-17(18-16(22)2-1-11-24-18)25-13-14-3-7-20-8-4-14;2*3-2(4,5)1(6)7/h3-10,16-18H,1-2,11-13H2;2*(H,6,7)/t16-,17+,18+;;/m0../s1. The molecule has 0 bridgehead atoms. The first-order valence-corrected chi connectivity index (χ1v) is 11.1. The number of ether oxygens (including phenoxy) is 2. The largest absolute Gasteiger partial charge is 0.490 e. The predicted octanol–water partition coefficient (Wildman–Crippen LogP) is 3.33. The van der Waals surface area contributed by atoms with E-state index in [2.05, 4.69) is 9.97 Å². The number of fused-ring (bicyclic) bond motifs is 1. The molecule has 16 heteroatoms. The molecule has 2 aliphatic rings.